The molecule has 3 rings (SSSR count). The molecular weight excluding hydrogens is 326 g/mol. The Balaban J connectivity index is 2.11. The van der Waals surface area contributed by atoms with Crippen LogP contribution in [0.25, 0.3) is 22.2 Å². The molecule has 0 saturated carbocycles. The number of carboxylic acids is 2. The highest BCUT2D eigenvalue weighted by Crippen LogP contribution is 2.40. The molecule has 3 N–H and O–H groups in total. The summed E-state index contributed by atoms with van der Waals surface area (Å²) in [7, 11) is 0. The minimum atomic E-state index is -1.13. The summed E-state index contributed by atoms with van der Waals surface area (Å²) in [6.45, 7) is 0. The summed E-state index contributed by atoms with van der Waals surface area (Å²) in [5.74, 6) is -2.26. The first-order valence-electron chi connectivity index (χ1n) is 7.33. The van der Waals surface area contributed by atoms with Gasteiger partial charge in [-0.1, -0.05) is 48.5 Å². The Morgan fingerprint density at radius 1 is 1.00 bits per heavy atom. The molecule has 0 radical (unpaired) electrons. The molecule has 1 unspecified atom stereocenters. The van der Waals surface area contributed by atoms with Crippen LogP contribution in [0, 0.1) is 0 Å². The molecule has 0 spiro atoms. The van der Waals surface area contributed by atoms with Crippen molar-refractivity contribution in [3.8, 4) is 11.3 Å². The number of fused-ring (bicyclic) bond motifs is 1. The third kappa shape index (κ3) is 3.28. The fraction of sp³-hybridized carbons (Fsp3) is 0.111. The molecule has 2 aromatic carbocycles. The Hall–Kier alpha value is -2.73. The van der Waals surface area contributed by atoms with Gasteiger partial charge in [-0.05, 0) is 11.6 Å². The number of para-hydroxylation sites is 1. The van der Waals surface area contributed by atoms with Crippen molar-refractivity contribution < 1.29 is 19.8 Å². The highest BCUT2D eigenvalue weighted by molar-refractivity contribution is 8.01. The number of H-pyrrole nitrogens is 1. The van der Waals surface area contributed by atoms with E-state index >= 15 is 0 Å². The van der Waals surface area contributed by atoms with E-state index in [-0.39, 0.29) is 0 Å². The van der Waals surface area contributed by atoms with Crippen molar-refractivity contribution in [2.24, 2.45) is 0 Å². The number of rotatable bonds is 6. The highest BCUT2D eigenvalue weighted by atomic mass is 32.2. The zero-order valence-electron chi connectivity index (χ0n) is 12.6. The average Bonchev–Trinajstić information content (AvgIpc) is 2.93. The first-order chi connectivity index (χ1) is 11.6. The summed E-state index contributed by atoms with van der Waals surface area (Å²) in [4.78, 5) is 26.5. The van der Waals surface area contributed by atoms with E-state index in [4.69, 9.17) is 5.11 Å². The molecule has 5 nitrogen and oxygen atoms in total. The zero-order chi connectivity index (χ0) is 17.1. The van der Waals surface area contributed by atoms with Crippen molar-refractivity contribution in [2.75, 3.05) is 0 Å². The molecule has 0 fully saturated rings. The van der Waals surface area contributed by atoms with Gasteiger partial charge in [-0.2, -0.15) is 0 Å². The van der Waals surface area contributed by atoms with Crippen molar-refractivity contribution in [1.82, 2.24) is 4.98 Å². The predicted molar refractivity (Wildman–Crippen MR) is 93.3 cm³/mol. The summed E-state index contributed by atoms with van der Waals surface area (Å²) < 4.78 is 0. The van der Waals surface area contributed by atoms with Gasteiger partial charge in [0.25, 0.3) is 0 Å². The van der Waals surface area contributed by atoms with E-state index in [1.807, 2.05) is 54.6 Å². The number of carbonyl (C=O) groups is 2. The number of thioether (sulfide) groups is 1. The average molecular weight is 341 g/mol. The smallest absolute Gasteiger partial charge is 0.317 e. The number of carboxylic acid groups (broad SMARTS) is 2. The van der Waals surface area contributed by atoms with Gasteiger partial charge in [0.05, 0.1) is 12.1 Å². The number of aliphatic carboxylic acids is 2. The third-order valence-electron chi connectivity index (χ3n) is 3.62. The van der Waals surface area contributed by atoms with Crippen LogP contribution in [0.5, 0.6) is 0 Å². The van der Waals surface area contributed by atoms with Crippen molar-refractivity contribution in [3.05, 3.63) is 54.6 Å². The number of nitrogens with one attached hydrogen (secondary N) is 1. The van der Waals surface area contributed by atoms with Gasteiger partial charge in [-0.25, -0.2) is 0 Å². The Morgan fingerprint density at radius 2 is 1.67 bits per heavy atom. The van der Waals surface area contributed by atoms with Gasteiger partial charge in [-0.15, -0.1) is 11.8 Å². The maximum absolute atomic E-state index is 11.5. The summed E-state index contributed by atoms with van der Waals surface area (Å²) >= 11 is 1.07. The summed E-state index contributed by atoms with van der Waals surface area (Å²) in [5, 5.41) is 18.2. The molecule has 0 amide bonds. The molecule has 3 aromatic rings. The lowest BCUT2D eigenvalue weighted by Gasteiger charge is -2.11. The summed E-state index contributed by atoms with van der Waals surface area (Å²) in [5.41, 5.74) is 2.62. The topological polar surface area (TPSA) is 90.4 Å². The molecule has 1 aromatic heterocycles. The molecule has 0 saturated heterocycles. The Kier molecular flexibility index (Phi) is 4.57. The van der Waals surface area contributed by atoms with Gasteiger partial charge in [0.2, 0.25) is 0 Å². The standard InChI is InChI=1S/C18H15NO4S/c20-15(21)10-14(18(22)23)24-17-12-8-4-5-9-13(12)19-16(17)11-6-2-1-3-7-11/h1-9,14,19H,10H2,(H,20,21)(H,22,23). The molecule has 1 heterocycles. The maximum Gasteiger partial charge on any atom is 0.317 e. The second-order valence-electron chi connectivity index (χ2n) is 5.28. The fourth-order valence-electron chi connectivity index (χ4n) is 2.53. The van der Waals surface area contributed by atoms with Crippen molar-refractivity contribution in [2.45, 2.75) is 16.6 Å². The van der Waals surface area contributed by atoms with Gasteiger partial charge in [0.15, 0.2) is 0 Å². The third-order valence-corrected chi connectivity index (χ3v) is 4.93. The monoisotopic (exact) mass is 341 g/mol. The van der Waals surface area contributed by atoms with Crippen LogP contribution in [0.4, 0.5) is 0 Å². The first-order valence-corrected chi connectivity index (χ1v) is 8.21. The number of hydrogen-bond donors (Lipinski definition) is 3. The minimum Gasteiger partial charge on any atom is -0.481 e. The Morgan fingerprint density at radius 3 is 2.33 bits per heavy atom. The van der Waals surface area contributed by atoms with E-state index in [1.165, 1.54) is 0 Å². The van der Waals surface area contributed by atoms with Gasteiger partial charge in [0, 0.05) is 15.8 Å². The Labute approximate surface area is 142 Å². The van der Waals surface area contributed by atoms with E-state index in [1.54, 1.807) is 0 Å². The molecular formula is C18H15NO4S. The van der Waals surface area contributed by atoms with Crippen molar-refractivity contribution in [1.29, 1.82) is 0 Å². The molecule has 1 atom stereocenters. The highest BCUT2D eigenvalue weighted by Gasteiger charge is 2.25. The number of aromatic nitrogens is 1. The zero-order valence-corrected chi connectivity index (χ0v) is 13.4. The van der Waals surface area contributed by atoms with E-state index < -0.39 is 23.6 Å². The van der Waals surface area contributed by atoms with Crippen molar-refractivity contribution >= 4 is 34.6 Å². The van der Waals surface area contributed by atoms with Crippen LogP contribution in [0.1, 0.15) is 6.42 Å². The van der Waals surface area contributed by atoms with Gasteiger partial charge in [-0.3, -0.25) is 9.59 Å². The van der Waals surface area contributed by atoms with Gasteiger partial charge >= 0.3 is 11.9 Å². The quantitative estimate of drug-likeness (QED) is 0.592. The van der Waals surface area contributed by atoms with E-state index in [0.717, 1.165) is 38.8 Å². The Bertz CT molecular complexity index is 888. The lowest BCUT2D eigenvalue weighted by atomic mass is 10.1. The van der Waals surface area contributed by atoms with Crippen LogP contribution in [0.2, 0.25) is 0 Å². The van der Waals surface area contributed by atoms with Crippen LogP contribution in [-0.2, 0) is 9.59 Å². The number of benzene rings is 2. The van der Waals surface area contributed by atoms with Crippen LogP contribution in [0.15, 0.2) is 59.5 Å². The number of aromatic amines is 1. The lowest BCUT2D eigenvalue weighted by molar-refractivity contribution is -0.142. The molecule has 122 valence electrons. The molecule has 0 aliphatic heterocycles. The fourth-order valence-corrected chi connectivity index (χ4v) is 3.73. The first kappa shape index (κ1) is 16.1. The van der Waals surface area contributed by atoms with Crippen LogP contribution in [-0.4, -0.2) is 32.4 Å². The second-order valence-corrected chi connectivity index (χ2v) is 6.50. The molecule has 0 aliphatic rings. The summed E-state index contributed by atoms with van der Waals surface area (Å²) in [6, 6.07) is 17.2. The van der Waals surface area contributed by atoms with Gasteiger partial charge < -0.3 is 15.2 Å². The van der Waals surface area contributed by atoms with E-state index in [9.17, 15) is 14.7 Å². The van der Waals surface area contributed by atoms with E-state index in [2.05, 4.69) is 4.98 Å². The molecule has 0 aliphatic carbocycles. The predicted octanol–water partition coefficient (Wildman–Crippen LogP) is 3.85. The maximum atomic E-state index is 11.5. The van der Waals surface area contributed by atoms with Crippen LogP contribution >= 0.6 is 11.8 Å². The lowest BCUT2D eigenvalue weighted by Crippen LogP contribution is -2.20. The van der Waals surface area contributed by atoms with Crippen molar-refractivity contribution in [3.63, 3.8) is 0 Å². The molecule has 6 heteroatoms. The van der Waals surface area contributed by atoms with Gasteiger partial charge in [0.1, 0.15) is 5.25 Å². The minimum absolute atomic E-state index is 0.437. The normalized spacial score (nSPS) is 12.2. The van der Waals surface area contributed by atoms with E-state index in [0.29, 0.717) is 0 Å². The molecule has 0 bridgehead atoms. The SMILES string of the molecule is O=C(O)CC(Sc1c(-c2ccccc2)[nH]c2ccccc12)C(=O)O. The molecule has 24 heavy (non-hydrogen) atoms. The van der Waals surface area contributed by atoms with Crippen LogP contribution < -0.4 is 0 Å². The second kappa shape index (κ2) is 6.80. The van der Waals surface area contributed by atoms with Crippen LogP contribution in [0.3, 0.4) is 0 Å². The number of hydrogen-bond acceptors (Lipinski definition) is 3. The summed E-state index contributed by atoms with van der Waals surface area (Å²) in [6.07, 6.45) is -0.437. The largest absolute Gasteiger partial charge is 0.481 e.